The number of amides is 2. The lowest BCUT2D eigenvalue weighted by atomic mass is 10.3. The van der Waals surface area contributed by atoms with Gasteiger partial charge in [0, 0.05) is 18.6 Å². The summed E-state index contributed by atoms with van der Waals surface area (Å²) in [5.74, 6) is -2.25. The average molecular weight is 286 g/mol. The van der Waals surface area contributed by atoms with E-state index in [2.05, 4.69) is 20.1 Å². The molecule has 0 aromatic heterocycles. The molecule has 0 aliphatic carbocycles. The summed E-state index contributed by atoms with van der Waals surface area (Å²) >= 11 is 0. The van der Waals surface area contributed by atoms with Gasteiger partial charge in [0.2, 0.25) is 11.8 Å². The predicted octanol–water partition coefficient (Wildman–Crippen LogP) is -0.753. The van der Waals surface area contributed by atoms with Crippen LogP contribution in [-0.4, -0.2) is 43.6 Å². The van der Waals surface area contributed by atoms with Crippen molar-refractivity contribution in [2.45, 2.75) is 26.3 Å². The first kappa shape index (κ1) is 17.6. The maximum atomic E-state index is 11.5. The maximum Gasteiger partial charge on any atom is 0.332 e. The van der Waals surface area contributed by atoms with Gasteiger partial charge in [-0.2, -0.15) is 0 Å². The molecule has 20 heavy (non-hydrogen) atoms. The van der Waals surface area contributed by atoms with Gasteiger partial charge in [0.15, 0.2) is 6.73 Å². The van der Waals surface area contributed by atoms with Crippen molar-refractivity contribution in [2.75, 3.05) is 13.8 Å². The summed E-state index contributed by atoms with van der Waals surface area (Å²) in [5.41, 5.74) is 0. The fourth-order valence-corrected chi connectivity index (χ4v) is 0.993. The molecule has 0 aromatic rings. The minimum Gasteiger partial charge on any atom is -0.466 e. The van der Waals surface area contributed by atoms with Crippen LogP contribution in [0.25, 0.3) is 0 Å². The molecule has 0 saturated carbocycles. The number of ether oxygens (including phenoxy) is 2. The van der Waals surface area contributed by atoms with Gasteiger partial charge in [0.1, 0.15) is 6.04 Å². The van der Waals surface area contributed by atoms with E-state index in [0.717, 1.165) is 12.2 Å². The second-order valence-electron chi connectivity index (χ2n) is 3.65. The molecule has 2 amide bonds. The van der Waals surface area contributed by atoms with Crippen molar-refractivity contribution < 1.29 is 28.7 Å². The first-order chi connectivity index (χ1) is 9.40. The molecule has 0 fully saturated rings. The zero-order valence-electron chi connectivity index (χ0n) is 11.6. The van der Waals surface area contributed by atoms with E-state index >= 15 is 0 Å². The van der Waals surface area contributed by atoms with Crippen molar-refractivity contribution in [2.24, 2.45) is 0 Å². The highest BCUT2D eigenvalue weighted by atomic mass is 16.5. The van der Waals surface area contributed by atoms with Gasteiger partial charge < -0.3 is 20.1 Å². The van der Waals surface area contributed by atoms with Crippen LogP contribution in [-0.2, 0) is 28.7 Å². The Morgan fingerprint density at radius 2 is 1.75 bits per heavy atom. The van der Waals surface area contributed by atoms with Crippen molar-refractivity contribution >= 4 is 23.8 Å². The molecule has 0 radical (unpaired) electrons. The molecule has 0 bridgehead atoms. The molecule has 0 rings (SSSR count). The lowest BCUT2D eigenvalue weighted by Gasteiger charge is -2.13. The summed E-state index contributed by atoms with van der Waals surface area (Å²) < 4.78 is 8.89. The van der Waals surface area contributed by atoms with Crippen molar-refractivity contribution in [1.29, 1.82) is 0 Å². The minimum absolute atomic E-state index is 0.259. The van der Waals surface area contributed by atoms with E-state index in [1.54, 1.807) is 6.92 Å². The van der Waals surface area contributed by atoms with Crippen LogP contribution in [0.1, 0.15) is 20.3 Å². The molecule has 0 heterocycles. The second kappa shape index (κ2) is 9.54. The number of rotatable bonds is 7. The van der Waals surface area contributed by atoms with Crippen LogP contribution in [0.5, 0.6) is 0 Å². The average Bonchev–Trinajstić information content (AvgIpc) is 2.44. The molecule has 8 nitrogen and oxygen atoms in total. The predicted molar refractivity (Wildman–Crippen MR) is 68.2 cm³/mol. The molecular weight excluding hydrogens is 268 g/mol. The highest BCUT2D eigenvalue weighted by Gasteiger charge is 2.14. The zero-order chi connectivity index (χ0) is 15.5. The number of carbonyl (C=O) groups excluding carboxylic acids is 4. The number of methoxy groups -OCH3 is 1. The molecule has 8 heteroatoms. The number of hydrogen-bond acceptors (Lipinski definition) is 6. The van der Waals surface area contributed by atoms with Crippen LogP contribution in [0, 0.1) is 0 Å². The number of carbonyl (C=O) groups is 4. The third-order valence-corrected chi connectivity index (χ3v) is 2.11. The molecule has 0 saturated heterocycles. The Balaban J connectivity index is 3.96. The third-order valence-electron chi connectivity index (χ3n) is 2.11. The van der Waals surface area contributed by atoms with Gasteiger partial charge in [-0.3, -0.25) is 9.59 Å². The Labute approximate surface area is 116 Å². The summed E-state index contributed by atoms with van der Waals surface area (Å²) in [6.07, 6.45) is 2.04. The van der Waals surface area contributed by atoms with E-state index in [1.165, 1.54) is 14.0 Å². The number of hydrogen-bond donors (Lipinski definition) is 2. The maximum absolute atomic E-state index is 11.5. The fraction of sp³-hybridized carbons (Fsp3) is 0.500. The van der Waals surface area contributed by atoms with E-state index in [4.69, 9.17) is 0 Å². The lowest BCUT2D eigenvalue weighted by molar-refractivity contribution is -0.141. The van der Waals surface area contributed by atoms with Crippen LogP contribution in [0.4, 0.5) is 0 Å². The Morgan fingerprint density at radius 3 is 2.30 bits per heavy atom. The monoisotopic (exact) mass is 286 g/mol. The van der Waals surface area contributed by atoms with Gasteiger partial charge in [-0.25, -0.2) is 9.59 Å². The summed E-state index contributed by atoms with van der Waals surface area (Å²) in [7, 11) is 1.17. The summed E-state index contributed by atoms with van der Waals surface area (Å²) in [4.78, 5) is 44.3. The molecule has 112 valence electrons. The van der Waals surface area contributed by atoms with Crippen LogP contribution in [0.15, 0.2) is 12.2 Å². The zero-order valence-corrected chi connectivity index (χ0v) is 11.6. The Morgan fingerprint density at radius 1 is 1.15 bits per heavy atom. The Bertz CT molecular complexity index is 405. The standard InChI is InChI=1S/C12H18N2O6/c1-4-9(15)14-8(2)12(18)13-7-20-11(17)6-5-10(16)19-3/h5-6,8H,4,7H2,1-3H3,(H,13,18)(H,14,15)/b6-5+/t8-/m0/s1. The van der Waals surface area contributed by atoms with Gasteiger partial charge in [-0.1, -0.05) is 6.92 Å². The molecule has 0 aliphatic heterocycles. The topological polar surface area (TPSA) is 111 Å². The highest BCUT2D eigenvalue weighted by molar-refractivity contribution is 5.91. The second-order valence-corrected chi connectivity index (χ2v) is 3.65. The Kier molecular flexibility index (Phi) is 8.40. The molecule has 0 unspecified atom stereocenters. The van der Waals surface area contributed by atoms with E-state index in [0.29, 0.717) is 0 Å². The van der Waals surface area contributed by atoms with Gasteiger partial charge in [-0.15, -0.1) is 0 Å². The summed E-state index contributed by atoms with van der Waals surface area (Å²) in [6, 6.07) is -0.730. The summed E-state index contributed by atoms with van der Waals surface area (Å²) in [5, 5.41) is 4.75. The largest absolute Gasteiger partial charge is 0.466 e. The van der Waals surface area contributed by atoms with Gasteiger partial charge in [0.05, 0.1) is 7.11 Å². The van der Waals surface area contributed by atoms with Crippen molar-refractivity contribution in [3.63, 3.8) is 0 Å². The molecular formula is C12H18N2O6. The number of esters is 2. The van der Waals surface area contributed by atoms with Crippen molar-refractivity contribution in [3.8, 4) is 0 Å². The molecule has 0 aliphatic rings. The van der Waals surface area contributed by atoms with Crippen molar-refractivity contribution in [1.82, 2.24) is 10.6 Å². The SMILES string of the molecule is CCC(=O)N[C@@H](C)C(=O)NCOC(=O)/C=C/C(=O)OC. The molecule has 2 N–H and O–H groups in total. The van der Waals surface area contributed by atoms with E-state index in [9.17, 15) is 19.2 Å². The Hall–Kier alpha value is -2.38. The first-order valence-electron chi connectivity index (χ1n) is 5.90. The summed E-state index contributed by atoms with van der Waals surface area (Å²) in [6.45, 7) is 2.80. The van der Waals surface area contributed by atoms with E-state index in [-0.39, 0.29) is 19.1 Å². The van der Waals surface area contributed by atoms with E-state index in [1.807, 2.05) is 0 Å². The third kappa shape index (κ3) is 7.85. The van der Waals surface area contributed by atoms with E-state index < -0.39 is 23.9 Å². The first-order valence-corrected chi connectivity index (χ1v) is 5.90. The lowest BCUT2D eigenvalue weighted by Crippen LogP contribution is -2.45. The minimum atomic E-state index is -0.805. The van der Waals surface area contributed by atoms with Crippen LogP contribution in [0.2, 0.25) is 0 Å². The highest BCUT2D eigenvalue weighted by Crippen LogP contribution is 1.86. The van der Waals surface area contributed by atoms with Crippen LogP contribution >= 0.6 is 0 Å². The van der Waals surface area contributed by atoms with Crippen LogP contribution in [0.3, 0.4) is 0 Å². The number of nitrogens with one attached hydrogen (secondary N) is 2. The van der Waals surface area contributed by atoms with Crippen molar-refractivity contribution in [3.05, 3.63) is 12.2 Å². The fourth-order valence-electron chi connectivity index (χ4n) is 0.993. The molecule has 0 aromatic carbocycles. The molecule has 0 spiro atoms. The van der Waals surface area contributed by atoms with Crippen LogP contribution < -0.4 is 10.6 Å². The van der Waals surface area contributed by atoms with Gasteiger partial charge in [-0.05, 0) is 6.92 Å². The quantitative estimate of drug-likeness (QED) is 0.362. The smallest absolute Gasteiger partial charge is 0.332 e. The van der Waals surface area contributed by atoms with Gasteiger partial charge >= 0.3 is 11.9 Å². The normalized spacial score (nSPS) is 11.6. The van der Waals surface area contributed by atoms with Gasteiger partial charge in [0.25, 0.3) is 0 Å². The molecule has 1 atom stereocenters.